The van der Waals surface area contributed by atoms with Crippen LogP contribution < -0.4 is 0 Å². The number of fused-ring (bicyclic) bond motifs is 1. The van der Waals surface area contributed by atoms with Crippen LogP contribution in [0.2, 0.25) is 0 Å². The second-order valence-electron chi connectivity index (χ2n) is 4.02. The smallest absolute Gasteiger partial charge is 0.357 e. The van der Waals surface area contributed by atoms with E-state index in [1.807, 2.05) is 12.1 Å². The van der Waals surface area contributed by atoms with Crippen molar-refractivity contribution in [1.29, 1.82) is 0 Å². The number of benzene rings is 1. The van der Waals surface area contributed by atoms with Gasteiger partial charge in [0, 0.05) is 5.39 Å². The van der Waals surface area contributed by atoms with Gasteiger partial charge in [-0.15, -0.1) is 0 Å². The van der Waals surface area contributed by atoms with Gasteiger partial charge in [0.25, 0.3) is 0 Å². The van der Waals surface area contributed by atoms with Gasteiger partial charge in [-0.2, -0.15) is 0 Å². The molecule has 1 aromatic carbocycles. The molecule has 0 radical (unpaired) electrons. The zero-order valence-corrected chi connectivity index (χ0v) is 11.4. The predicted molar refractivity (Wildman–Crippen MR) is 73.7 cm³/mol. The van der Waals surface area contributed by atoms with Crippen molar-refractivity contribution in [3.63, 3.8) is 0 Å². The van der Waals surface area contributed by atoms with Gasteiger partial charge in [0.2, 0.25) is 0 Å². The van der Waals surface area contributed by atoms with E-state index in [2.05, 4.69) is 4.98 Å². The molecule has 0 saturated carbocycles. The van der Waals surface area contributed by atoms with Crippen molar-refractivity contribution in [3.05, 3.63) is 41.7 Å². The van der Waals surface area contributed by atoms with Crippen molar-refractivity contribution in [2.45, 2.75) is 13.8 Å². The Kier molecular flexibility index (Phi) is 4.30. The highest BCUT2D eigenvalue weighted by atomic mass is 16.5. The van der Waals surface area contributed by atoms with E-state index in [9.17, 15) is 9.59 Å². The molecule has 0 aliphatic carbocycles. The maximum absolute atomic E-state index is 12.0. The lowest BCUT2D eigenvalue weighted by Gasteiger charge is -2.08. The number of nitrogens with zero attached hydrogens (tertiary/aromatic N) is 1. The van der Waals surface area contributed by atoms with Crippen LogP contribution in [0.4, 0.5) is 0 Å². The lowest BCUT2D eigenvalue weighted by molar-refractivity contribution is 0.0513. The molecular weight excluding hydrogens is 258 g/mol. The molecule has 0 atom stereocenters. The summed E-state index contributed by atoms with van der Waals surface area (Å²) in [7, 11) is 0. The summed E-state index contributed by atoms with van der Waals surface area (Å²) < 4.78 is 9.90. The third-order valence-electron chi connectivity index (χ3n) is 2.69. The number of carbonyl (C=O) groups excluding carboxylic acids is 2. The topological polar surface area (TPSA) is 65.5 Å². The first-order valence-corrected chi connectivity index (χ1v) is 6.41. The molecule has 5 heteroatoms. The van der Waals surface area contributed by atoms with E-state index in [0.717, 1.165) is 5.39 Å². The molecule has 0 amide bonds. The molecule has 0 unspecified atom stereocenters. The molecule has 20 heavy (non-hydrogen) atoms. The number of ether oxygens (including phenoxy) is 2. The number of esters is 2. The van der Waals surface area contributed by atoms with E-state index < -0.39 is 11.9 Å². The van der Waals surface area contributed by atoms with E-state index in [1.54, 1.807) is 32.0 Å². The van der Waals surface area contributed by atoms with E-state index in [1.165, 1.54) is 0 Å². The van der Waals surface area contributed by atoms with Crippen molar-refractivity contribution >= 4 is 22.7 Å². The average molecular weight is 273 g/mol. The van der Waals surface area contributed by atoms with Crippen molar-refractivity contribution in [2.75, 3.05) is 13.2 Å². The van der Waals surface area contributed by atoms with E-state index in [-0.39, 0.29) is 24.6 Å². The van der Waals surface area contributed by atoms with Crippen LogP contribution in [0, 0.1) is 0 Å². The Morgan fingerprint density at radius 1 is 1.05 bits per heavy atom. The van der Waals surface area contributed by atoms with Crippen LogP contribution in [0.3, 0.4) is 0 Å². The van der Waals surface area contributed by atoms with Gasteiger partial charge in [-0.05, 0) is 25.3 Å². The van der Waals surface area contributed by atoms with Gasteiger partial charge in [-0.25, -0.2) is 14.6 Å². The number of carbonyl (C=O) groups is 2. The minimum Gasteiger partial charge on any atom is -0.461 e. The molecule has 0 saturated heterocycles. The molecule has 5 nitrogen and oxygen atoms in total. The average Bonchev–Trinajstić information content (AvgIpc) is 2.46. The Hall–Kier alpha value is -2.43. The Labute approximate surface area is 116 Å². The van der Waals surface area contributed by atoms with Crippen molar-refractivity contribution in [2.24, 2.45) is 0 Å². The van der Waals surface area contributed by atoms with E-state index >= 15 is 0 Å². The van der Waals surface area contributed by atoms with Crippen LogP contribution in [0.1, 0.15) is 34.8 Å². The summed E-state index contributed by atoms with van der Waals surface area (Å²) in [6.45, 7) is 3.93. The molecule has 0 aliphatic rings. The van der Waals surface area contributed by atoms with Crippen LogP contribution in [0.25, 0.3) is 10.8 Å². The zero-order valence-electron chi connectivity index (χ0n) is 11.4. The minimum absolute atomic E-state index is 0.105. The Balaban J connectivity index is 2.57. The van der Waals surface area contributed by atoms with Crippen molar-refractivity contribution < 1.29 is 19.1 Å². The van der Waals surface area contributed by atoms with Crippen molar-refractivity contribution in [1.82, 2.24) is 4.98 Å². The highest BCUT2D eigenvalue weighted by Crippen LogP contribution is 2.19. The van der Waals surface area contributed by atoms with Gasteiger partial charge in [0.05, 0.1) is 13.2 Å². The molecule has 0 spiro atoms. The summed E-state index contributed by atoms with van der Waals surface area (Å²) in [5.41, 5.74) is 0.238. The fourth-order valence-corrected chi connectivity index (χ4v) is 1.86. The number of hydrogen-bond donors (Lipinski definition) is 0. The lowest BCUT2D eigenvalue weighted by atomic mass is 10.1. The van der Waals surface area contributed by atoms with Gasteiger partial charge >= 0.3 is 11.9 Å². The summed E-state index contributed by atoms with van der Waals surface area (Å²) in [6.07, 6.45) is 0. The minimum atomic E-state index is -0.552. The molecule has 0 N–H and O–H groups in total. The third kappa shape index (κ3) is 2.77. The summed E-state index contributed by atoms with van der Waals surface area (Å²) in [6, 6.07) is 8.81. The number of hydrogen-bond acceptors (Lipinski definition) is 5. The molecule has 0 bridgehead atoms. The Morgan fingerprint density at radius 3 is 2.40 bits per heavy atom. The quantitative estimate of drug-likeness (QED) is 0.801. The SMILES string of the molecule is CCOC(=O)c1cc2ccccc2c(C(=O)OCC)n1. The first-order chi connectivity index (χ1) is 9.67. The standard InChI is InChI=1S/C15H15NO4/c1-3-19-14(17)12-9-10-7-5-6-8-11(10)13(16-12)15(18)20-4-2/h5-9H,3-4H2,1-2H3. The highest BCUT2D eigenvalue weighted by molar-refractivity contribution is 6.05. The number of rotatable bonds is 4. The van der Waals surface area contributed by atoms with Crippen LogP contribution in [0.15, 0.2) is 30.3 Å². The van der Waals surface area contributed by atoms with Gasteiger partial charge in [0.15, 0.2) is 5.69 Å². The van der Waals surface area contributed by atoms with Crippen LogP contribution in [0.5, 0.6) is 0 Å². The molecule has 1 aromatic heterocycles. The summed E-state index contributed by atoms with van der Waals surface area (Å²) in [5.74, 6) is -1.10. The lowest BCUT2D eigenvalue weighted by Crippen LogP contribution is -2.13. The van der Waals surface area contributed by atoms with Gasteiger partial charge in [-0.1, -0.05) is 24.3 Å². The van der Waals surface area contributed by atoms with E-state index in [0.29, 0.717) is 5.39 Å². The maximum Gasteiger partial charge on any atom is 0.357 e. The largest absolute Gasteiger partial charge is 0.461 e. The molecular formula is C15H15NO4. The van der Waals surface area contributed by atoms with Gasteiger partial charge < -0.3 is 9.47 Å². The first-order valence-electron chi connectivity index (χ1n) is 6.41. The molecule has 104 valence electrons. The number of aromatic nitrogens is 1. The van der Waals surface area contributed by atoms with E-state index in [4.69, 9.17) is 9.47 Å². The molecule has 2 rings (SSSR count). The second-order valence-corrected chi connectivity index (χ2v) is 4.02. The van der Waals surface area contributed by atoms with Crippen LogP contribution in [-0.4, -0.2) is 30.1 Å². The third-order valence-corrected chi connectivity index (χ3v) is 2.69. The van der Waals surface area contributed by atoms with Gasteiger partial charge in [-0.3, -0.25) is 0 Å². The molecule has 2 aromatic rings. The monoisotopic (exact) mass is 273 g/mol. The Morgan fingerprint density at radius 2 is 1.70 bits per heavy atom. The highest BCUT2D eigenvalue weighted by Gasteiger charge is 2.18. The second kappa shape index (κ2) is 6.14. The summed E-state index contributed by atoms with van der Waals surface area (Å²) >= 11 is 0. The Bertz CT molecular complexity index is 651. The van der Waals surface area contributed by atoms with Crippen LogP contribution >= 0.6 is 0 Å². The summed E-state index contributed by atoms with van der Waals surface area (Å²) in [4.78, 5) is 27.8. The van der Waals surface area contributed by atoms with Crippen molar-refractivity contribution in [3.8, 4) is 0 Å². The number of pyridine rings is 1. The maximum atomic E-state index is 12.0. The summed E-state index contributed by atoms with van der Waals surface area (Å²) in [5, 5.41) is 1.40. The first kappa shape index (κ1) is 14.0. The molecule has 0 fully saturated rings. The normalized spacial score (nSPS) is 10.3. The predicted octanol–water partition coefficient (Wildman–Crippen LogP) is 2.59. The van der Waals surface area contributed by atoms with Crippen LogP contribution in [-0.2, 0) is 9.47 Å². The fraction of sp³-hybridized carbons (Fsp3) is 0.267. The fourth-order valence-electron chi connectivity index (χ4n) is 1.86. The molecule has 0 aliphatic heterocycles. The zero-order chi connectivity index (χ0) is 14.5. The molecule has 1 heterocycles. The van der Waals surface area contributed by atoms with Gasteiger partial charge in [0.1, 0.15) is 5.69 Å².